The quantitative estimate of drug-likeness (QED) is 0.649. The standard InChI is InChI=1S/C13H23NO/c1-4-6-7-12(14-10-5-2)13(15-3)11-8-9-11/h11-14H,5,7-10H2,1-3H3. The molecule has 0 aromatic carbocycles. The molecule has 1 fully saturated rings. The Morgan fingerprint density at radius 3 is 2.67 bits per heavy atom. The van der Waals surface area contributed by atoms with Crippen molar-refractivity contribution in [1.82, 2.24) is 5.32 Å². The van der Waals surface area contributed by atoms with E-state index >= 15 is 0 Å². The molecule has 0 aliphatic heterocycles. The van der Waals surface area contributed by atoms with Crippen LogP contribution >= 0.6 is 0 Å². The van der Waals surface area contributed by atoms with E-state index in [1.165, 1.54) is 12.8 Å². The van der Waals surface area contributed by atoms with E-state index in [-0.39, 0.29) is 0 Å². The van der Waals surface area contributed by atoms with Crippen molar-refractivity contribution in [2.75, 3.05) is 13.7 Å². The lowest BCUT2D eigenvalue weighted by atomic mass is 10.0. The van der Waals surface area contributed by atoms with Crippen LogP contribution in [0.15, 0.2) is 0 Å². The highest BCUT2D eigenvalue weighted by Crippen LogP contribution is 2.36. The average molecular weight is 209 g/mol. The Morgan fingerprint density at radius 1 is 1.47 bits per heavy atom. The first-order chi connectivity index (χ1) is 7.33. The smallest absolute Gasteiger partial charge is 0.0761 e. The van der Waals surface area contributed by atoms with E-state index in [0.717, 1.165) is 25.3 Å². The van der Waals surface area contributed by atoms with E-state index in [0.29, 0.717) is 12.1 Å². The summed E-state index contributed by atoms with van der Waals surface area (Å²) >= 11 is 0. The zero-order valence-corrected chi connectivity index (χ0v) is 10.2. The Balaban J connectivity index is 2.45. The normalized spacial score (nSPS) is 19.1. The first kappa shape index (κ1) is 12.5. The lowest BCUT2D eigenvalue weighted by molar-refractivity contribution is 0.0525. The first-order valence-electron chi connectivity index (χ1n) is 5.99. The van der Waals surface area contributed by atoms with Gasteiger partial charge in [-0.05, 0) is 38.6 Å². The maximum absolute atomic E-state index is 5.60. The van der Waals surface area contributed by atoms with Gasteiger partial charge in [0.25, 0.3) is 0 Å². The van der Waals surface area contributed by atoms with Crippen molar-refractivity contribution >= 4 is 0 Å². The van der Waals surface area contributed by atoms with Crippen LogP contribution in [0.3, 0.4) is 0 Å². The molecule has 0 radical (unpaired) electrons. The van der Waals surface area contributed by atoms with Gasteiger partial charge in [0, 0.05) is 19.6 Å². The lowest BCUT2D eigenvalue weighted by Crippen LogP contribution is -2.42. The molecule has 1 N–H and O–H groups in total. The second-order valence-corrected chi connectivity index (χ2v) is 4.23. The number of methoxy groups -OCH3 is 1. The number of nitrogens with one attached hydrogen (secondary N) is 1. The predicted octanol–water partition coefficient (Wildman–Crippen LogP) is 2.19. The molecule has 0 spiro atoms. The number of hydrogen-bond acceptors (Lipinski definition) is 2. The van der Waals surface area contributed by atoms with Crippen LogP contribution in [0.2, 0.25) is 0 Å². The Hall–Kier alpha value is -0.520. The third kappa shape index (κ3) is 4.24. The third-order valence-corrected chi connectivity index (χ3v) is 2.91. The molecule has 2 heteroatoms. The second kappa shape index (κ2) is 6.87. The van der Waals surface area contributed by atoms with Crippen molar-refractivity contribution < 1.29 is 4.74 Å². The summed E-state index contributed by atoms with van der Waals surface area (Å²) < 4.78 is 5.60. The monoisotopic (exact) mass is 209 g/mol. The molecule has 0 bridgehead atoms. The summed E-state index contributed by atoms with van der Waals surface area (Å²) in [6.07, 6.45) is 5.07. The summed E-state index contributed by atoms with van der Waals surface area (Å²) in [5.41, 5.74) is 0. The molecule has 1 saturated carbocycles. The van der Waals surface area contributed by atoms with Crippen LogP contribution in [0.25, 0.3) is 0 Å². The lowest BCUT2D eigenvalue weighted by Gasteiger charge is -2.25. The molecule has 2 unspecified atom stereocenters. The molecule has 0 heterocycles. The number of hydrogen-bond donors (Lipinski definition) is 1. The summed E-state index contributed by atoms with van der Waals surface area (Å²) in [5.74, 6) is 6.90. The molecule has 0 amide bonds. The summed E-state index contributed by atoms with van der Waals surface area (Å²) in [4.78, 5) is 0. The molecule has 15 heavy (non-hydrogen) atoms. The van der Waals surface area contributed by atoms with Gasteiger partial charge in [-0.15, -0.1) is 11.8 Å². The van der Waals surface area contributed by atoms with Crippen LogP contribution < -0.4 is 5.32 Å². The van der Waals surface area contributed by atoms with Crippen LogP contribution in [-0.4, -0.2) is 25.8 Å². The molecule has 2 atom stereocenters. The minimum atomic E-state index is 0.359. The van der Waals surface area contributed by atoms with Crippen molar-refractivity contribution in [3.63, 3.8) is 0 Å². The molecule has 86 valence electrons. The van der Waals surface area contributed by atoms with Crippen LogP contribution in [0.1, 0.15) is 39.5 Å². The summed E-state index contributed by atoms with van der Waals surface area (Å²) in [6.45, 7) is 5.15. The van der Waals surface area contributed by atoms with Gasteiger partial charge in [0.2, 0.25) is 0 Å². The van der Waals surface area contributed by atoms with Crippen molar-refractivity contribution in [3.05, 3.63) is 0 Å². The number of ether oxygens (including phenoxy) is 1. The third-order valence-electron chi connectivity index (χ3n) is 2.91. The molecule has 0 saturated heterocycles. The van der Waals surface area contributed by atoms with Gasteiger partial charge in [0.05, 0.1) is 6.10 Å². The predicted molar refractivity (Wildman–Crippen MR) is 63.7 cm³/mol. The van der Waals surface area contributed by atoms with E-state index in [1.54, 1.807) is 0 Å². The highest BCUT2D eigenvalue weighted by molar-refractivity contribution is 5.02. The van der Waals surface area contributed by atoms with E-state index in [4.69, 9.17) is 4.74 Å². The van der Waals surface area contributed by atoms with E-state index < -0.39 is 0 Å². The van der Waals surface area contributed by atoms with Gasteiger partial charge in [-0.2, -0.15) is 0 Å². The first-order valence-corrected chi connectivity index (χ1v) is 5.99. The molecule has 1 aliphatic rings. The van der Waals surface area contributed by atoms with E-state index in [2.05, 4.69) is 24.1 Å². The topological polar surface area (TPSA) is 21.3 Å². The fourth-order valence-electron chi connectivity index (χ4n) is 1.96. The van der Waals surface area contributed by atoms with Gasteiger partial charge in [0.1, 0.15) is 0 Å². The van der Waals surface area contributed by atoms with Gasteiger partial charge in [-0.1, -0.05) is 6.92 Å². The minimum absolute atomic E-state index is 0.359. The zero-order chi connectivity index (χ0) is 11.1. The largest absolute Gasteiger partial charge is 0.380 e. The molecule has 0 aromatic rings. The Kier molecular flexibility index (Phi) is 5.75. The second-order valence-electron chi connectivity index (χ2n) is 4.23. The van der Waals surface area contributed by atoms with Crippen LogP contribution in [-0.2, 0) is 4.74 Å². The maximum atomic E-state index is 5.60. The summed E-state index contributed by atoms with van der Waals surface area (Å²) in [5, 5.41) is 3.55. The maximum Gasteiger partial charge on any atom is 0.0761 e. The molecule has 1 aliphatic carbocycles. The molecule has 0 aromatic heterocycles. The Morgan fingerprint density at radius 2 is 2.20 bits per heavy atom. The van der Waals surface area contributed by atoms with Gasteiger partial charge in [0.15, 0.2) is 0 Å². The van der Waals surface area contributed by atoms with E-state index in [1.807, 2.05) is 14.0 Å². The fraction of sp³-hybridized carbons (Fsp3) is 0.846. The van der Waals surface area contributed by atoms with Crippen LogP contribution in [0.5, 0.6) is 0 Å². The van der Waals surface area contributed by atoms with Crippen molar-refractivity contribution in [2.24, 2.45) is 5.92 Å². The van der Waals surface area contributed by atoms with Gasteiger partial charge >= 0.3 is 0 Å². The summed E-state index contributed by atoms with van der Waals surface area (Å²) in [7, 11) is 1.82. The van der Waals surface area contributed by atoms with E-state index in [9.17, 15) is 0 Å². The zero-order valence-electron chi connectivity index (χ0n) is 10.2. The minimum Gasteiger partial charge on any atom is -0.380 e. The van der Waals surface area contributed by atoms with Crippen molar-refractivity contribution in [1.29, 1.82) is 0 Å². The fourth-order valence-corrected chi connectivity index (χ4v) is 1.96. The van der Waals surface area contributed by atoms with Gasteiger partial charge in [-0.25, -0.2) is 0 Å². The Labute approximate surface area is 93.8 Å². The molecular formula is C13H23NO. The average Bonchev–Trinajstić information content (AvgIpc) is 3.06. The Bertz CT molecular complexity index is 224. The number of rotatable bonds is 7. The van der Waals surface area contributed by atoms with Crippen LogP contribution in [0.4, 0.5) is 0 Å². The SMILES string of the molecule is CC#CCC(NCCC)C(OC)C1CC1. The molecule has 1 rings (SSSR count). The highest BCUT2D eigenvalue weighted by Gasteiger charge is 2.36. The van der Waals surface area contributed by atoms with Gasteiger partial charge < -0.3 is 10.1 Å². The molecular weight excluding hydrogens is 186 g/mol. The van der Waals surface area contributed by atoms with Crippen LogP contribution in [0, 0.1) is 17.8 Å². The van der Waals surface area contributed by atoms with Crippen molar-refractivity contribution in [3.8, 4) is 11.8 Å². The summed E-state index contributed by atoms with van der Waals surface area (Å²) in [6, 6.07) is 0.412. The van der Waals surface area contributed by atoms with Crippen molar-refractivity contribution in [2.45, 2.75) is 51.7 Å². The highest BCUT2D eigenvalue weighted by atomic mass is 16.5. The van der Waals surface area contributed by atoms with Gasteiger partial charge in [-0.3, -0.25) is 0 Å². The molecule has 2 nitrogen and oxygen atoms in total.